The lowest BCUT2D eigenvalue weighted by Crippen LogP contribution is -2.15. The molecule has 0 saturated carbocycles. The highest BCUT2D eigenvalue weighted by molar-refractivity contribution is 5.77. The van der Waals surface area contributed by atoms with E-state index in [-0.39, 0.29) is 6.42 Å². The van der Waals surface area contributed by atoms with Gasteiger partial charge in [-0.3, -0.25) is 4.79 Å². The van der Waals surface area contributed by atoms with Crippen molar-refractivity contribution in [1.82, 2.24) is 0 Å². The summed E-state index contributed by atoms with van der Waals surface area (Å²) >= 11 is 0. The lowest BCUT2D eigenvalue weighted by atomic mass is 10.1. The summed E-state index contributed by atoms with van der Waals surface area (Å²) in [5, 5.41) is 16.0. The van der Waals surface area contributed by atoms with Crippen LogP contribution in [0.25, 0.3) is 0 Å². The second kappa shape index (κ2) is 3.84. The van der Waals surface area contributed by atoms with Gasteiger partial charge in [0.15, 0.2) is 0 Å². The second-order valence-corrected chi connectivity index (χ2v) is 1.91. The lowest BCUT2D eigenvalue weighted by Gasteiger charge is -2.00. The van der Waals surface area contributed by atoms with Crippen LogP contribution in [-0.2, 0) is 14.5 Å². The minimum Gasteiger partial charge on any atom is -0.481 e. The number of carboxylic acid groups (broad SMARTS) is 1. The van der Waals surface area contributed by atoms with Crippen molar-refractivity contribution in [1.29, 1.82) is 0 Å². The molecule has 0 aliphatic rings. The van der Waals surface area contributed by atoms with Crippen LogP contribution in [0.4, 0.5) is 0 Å². The predicted octanol–water partition coefficient (Wildman–Crippen LogP) is 0.113. The Labute approximate surface area is 57.2 Å². The minimum absolute atomic E-state index is 0.314. The monoisotopic (exact) mass is 148 g/mol. The Kier molecular flexibility index (Phi) is 3.42. The third-order valence-corrected chi connectivity index (χ3v) is 0.996. The van der Waals surface area contributed by atoms with E-state index < -0.39 is 17.9 Å². The van der Waals surface area contributed by atoms with Gasteiger partial charge in [-0.25, -0.2) is 4.79 Å². The van der Waals surface area contributed by atoms with Crippen LogP contribution in [0.1, 0.15) is 13.3 Å². The van der Waals surface area contributed by atoms with Crippen LogP contribution in [0.3, 0.4) is 0 Å². The Morgan fingerprint density at radius 3 is 2.40 bits per heavy atom. The van der Waals surface area contributed by atoms with E-state index >= 15 is 0 Å². The molecule has 0 fully saturated rings. The molecule has 0 aliphatic carbocycles. The average Bonchev–Trinajstić information content (AvgIpc) is 1.87. The van der Waals surface area contributed by atoms with E-state index in [9.17, 15) is 9.59 Å². The number of rotatable bonds is 3. The topological polar surface area (TPSA) is 83.8 Å². The van der Waals surface area contributed by atoms with Gasteiger partial charge >= 0.3 is 11.9 Å². The summed E-state index contributed by atoms with van der Waals surface area (Å²) in [4.78, 5) is 23.5. The van der Waals surface area contributed by atoms with Gasteiger partial charge in [0, 0.05) is 0 Å². The van der Waals surface area contributed by atoms with E-state index in [0.29, 0.717) is 0 Å². The number of aliphatic carboxylic acids is 1. The summed E-state index contributed by atoms with van der Waals surface area (Å²) < 4.78 is 0. The summed E-state index contributed by atoms with van der Waals surface area (Å²) in [6.07, 6.45) is -0.314. The first-order valence-electron chi connectivity index (χ1n) is 2.65. The Balaban J connectivity index is 3.68. The zero-order valence-electron chi connectivity index (χ0n) is 5.40. The molecule has 0 aliphatic heterocycles. The van der Waals surface area contributed by atoms with Crippen molar-refractivity contribution >= 4 is 11.9 Å². The predicted molar refractivity (Wildman–Crippen MR) is 30.1 cm³/mol. The van der Waals surface area contributed by atoms with Gasteiger partial charge in [-0.05, 0) is 0 Å². The van der Waals surface area contributed by atoms with Crippen molar-refractivity contribution in [3.63, 3.8) is 0 Å². The van der Waals surface area contributed by atoms with Gasteiger partial charge in [0.2, 0.25) is 0 Å². The maximum absolute atomic E-state index is 10.2. The zero-order chi connectivity index (χ0) is 8.15. The van der Waals surface area contributed by atoms with Crippen molar-refractivity contribution in [2.45, 2.75) is 13.3 Å². The Morgan fingerprint density at radius 2 is 2.10 bits per heavy atom. The van der Waals surface area contributed by atoms with Crippen LogP contribution in [0.15, 0.2) is 0 Å². The molecule has 5 heteroatoms. The quantitative estimate of drug-likeness (QED) is 0.438. The van der Waals surface area contributed by atoms with Gasteiger partial charge in [0.1, 0.15) is 0 Å². The van der Waals surface area contributed by atoms with Crippen LogP contribution < -0.4 is 0 Å². The summed E-state index contributed by atoms with van der Waals surface area (Å²) in [7, 11) is 0. The average molecular weight is 148 g/mol. The lowest BCUT2D eigenvalue weighted by molar-refractivity contribution is -0.235. The van der Waals surface area contributed by atoms with Gasteiger partial charge in [-0.2, -0.15) is 5.26 Å². The van der Waals surface area contributed by atoms with Crippen molar-refractivity contribution in [2.24, 2.45) is 5.92 Å². The largest absolute Gasteiger partial charge is 0.481 e. The van der Waals surface area contributed by atoms with E-state index in [1.165, 1.54) is 6.92 Å². The Bertz CT molecular complexity index is 141. The third-order valence-electron chi connectivity index (χ3n) is 0.996. The summed E-state index contributed by atoms with van der Waals surface area (Å²) in [5.74, 6) is -2.85. The zero-order valence-corrected chi connectivity index (χ0v) is 5.40. The summed E-state index contributed by atoms with van der Waals surface area (Å²) in [5.41, 5.74) is 0. The van der Waals surface area contributed by atoms with E-state index in [2.05, 4.69) is 4.89 Å². The number of carbonyl (C=O) groups is 2. The maximum Gasteiger partial charge on any atom is 0.342 e. The Hall–Kier alpha value is -1.10. The maximum atomic E-state index is 10.2. The molecule has 10 heavy (non-hydrogen) atoms. The highest BCUT2D eigenvalue weighted by Gasteiger charge is 2.16. The van der Waals surface area contributed by atoms with Gasteiger partial charge < -0.3 is 9.99 Å². The van der Waals surface area contributed by atoms with Crippen LogP contribution in [-0.4, -0.2) is 22.3 Å². The number of hydrogen-bond acceptors (Lipinski definition) is 4. The Morgan fingerprint density at radius 1 is 1.60 bits per heavy atom. The highest BCUT2D eigenvalue weighted by Crippen LogP contribution is 2.01. The SMILES string of the molecule is CC(CC(=O)OO)C(=O)O. The molecule has 1 atom stereocenters. The molecule has 0 spiro atoms. The van der Waals surface area contributed by atoms with Crippen LogP contribution in [0.2, 0.25) is 0 Å². The smallest absolute Gasteiger partial charge is 0.342 e. The molecule has 0 bridgehead atoms. The van der Waals surface area contributed by atoms with Gasteiger partial charge in [0.05, 0.1) is 12.3 Å². The highest BCUT2D eigenvalue weighted by atomic mass is 17.1. The molecule has 5 nitrogen and oxygen atoms in total. The van der Waals surface area contributed by atoms with Crippen LogP contribution in [0.5, 0.6) is 0 Å². The molecule has 0 amide bonds. The van der Waals surface area contributed by atoms with E-state index in [1.807, 2.05) is 0 Å². The molecule has 0 saturated heterocycles. The fraction of sp³-hybridized carbons (Fsp3) is 0.600. The first kappa shape index (κ1) is 8.90. The fourth-order valence-corrected chi connectivity index (χ4v) is 0.375. The van der Waals surface area contributed by atoms with Gasteiger partial charge in [0.25, 0.3) is 0 Å². The number of hydrogen-bond donors (Lipinski definition) is 2. The molecular formula is C5H8O5. The van der Waals surface area contributed by atoms with E-state index in [0.717, 1.165) is 0 Å². The molecule has 1 unspecified atom stereocenters. The minimum atomic E-state index is -1.09. The van der Waals surface area contributed by atoms with Crippen molar-refractivity contribution < 1.29 is 24.8 Å². The normalized spacial score (nSPS) is 12.2. The molecule has 0 aromatic carbocycles. The van der Waals surface area contributed by atoms with Gasteiger partial charge in [-0.1, -0.05) is 6.92 Å². The van der Waals surface area contributed by atoms with E-state index in [1.54, 1.807) is 0 Å². The molecule has 2 N–H and O–H groups in total. The molecule has 0 rings (SSSR count). The molecular weight excluding hydrogens is 140 g/mol. The number of carboxylic acids is 1. The molecule has 58 valence electrons. The van der Waals surface area contributed by atoms with Crippen molar-refractivity contribution in [3.05, 3.63) is 0 Å². The van der Waals surface area contributed by atoms with Gasteiger partial charge in [-0.15, -0.1) is 0 Å². The third kappa shape index (κ3) is 3.03. The van der Waals surface area contributed by atoms with Crippen LogP contribution in [0, 0.1) is 5.92 Å². The first-order valence-corrected chi connectivity index (χ1v) is 2.65. The first-order chi connectivity index (χ1) is 4.57. The summed E-state index contributed by atoms with van der Waals surface area (Å²) in [6, 6.07) is 0. The molecule has 0 heterocycles. The second-order valence-electron chi connectivity index (χ2n) is 1.91. The molecule has 0 aromatic heterocycles. The molecule has 0 aromatic rings. The van der Waals surface area contributed by atoms with Crippen molar-refractivity contribution in [3.8, 4) is 0 Å². The van der Waals surface area contributed by atoms with E-state index in [4.69, 9.17) is 10.4 Å². The molecule has 0 radical (unpaired) electrons. The summed E-state index contributed by atoms with van der Waals surface area (Å²) in [6.45, 7) is 1.35. The fourth-order valence-electron chi connectivity index (χ4n) is 0.375. The van der Waals surface area contributed by atoms with Crippen LogP contribution >= 0.6 is 0 Å². The van der Waals surface area contributed by atoms with Crippen molar-refractivity contribution in [2.75, 3.05) is 0 Å². The number of carbonyl (C=O) groups excluding carboxylic acids is 1. The standard InChI is InChI=1S/C5H8O5/c1-3(5(7)8)2-4(6)10-9/h3,9H,2H2,1H3,(H,7,8).